The zero-order valence-electron chi connectivity index (χ0n) is 13.2. The van der Waals surface area contributed by atoms with Gasteiger partial charge in [0.05, 0.1) is 12.3 Å². The van der Waals surface area contributed by atoms with E-state index < -0.39 is 17.7 Å². The van der Waals surface area contributed by atoms with Crippen LogP contribution in [0.15, 0.2) is 18.2 Å². The van der Waals surface area contributed by atoms with Crippen LogP contribution in [0, 0.1) is 11.6 Å². The molecule has 0 aliphatic carbocycles. The molecule has 1 rings (SSSR count). The predicted molar refractivity (Wildman–Crippen MR) is 83.1 cm³/mol. The summed E-state index contributed by atoms with van der Waals surface area (Å²) in [6.07, 6.45) is 3.65. The average Bonchev–Trinajstić information content (AvgIpc) is 2.49. The van der Waals surface area contributed by atoms with E-state index >= 15 is 0 Å². The largest absolute Gasteiger partial charge is 0.466 e. The minimum atomic E-state index is -0.820. The molecule has 0 atom stereocenters. The van der Waals surface area contributed by atoms with Crippen LogP contribution in [0.5, 0.6) is 0 Å². The van der Waals surface area contributed by atoms with Gasteiger partial charge in [0.1, 0.15) is 11.6 Å². The van der Waals surface area contributed by atoms with Gasteiger partial charge in [0, 0.05) is 19.0 Å². The SMILES string of the molecule is CCOC(=O)CCCCCCNC(=O)Nc1ccc(F)cc1F. The Balaban J connectivity index is 2.09. The Bertz CT molecular complexity index is 524. The van der Waals surface area contributed by atoms with Crippen LogP contribution < -0.4 is 10.6 Å². The number of amides is 2. The molecule has 2 N–H and O–H groups in total. The van der Waals surface area contributed by atoms with E-state index in [0.717, 1.165) is 31.7 Å². The maximum atomic E-state index is 13.3. The van der Waals surface area contributed by atoms with Gasteiger partial charge in [-0.1, -0.05) is 12.8 Å². The number of anilines is 1. The molecule has 7 heteroatoms. The van der Waals surface area contributed by atoms with Gasteiger partial charge < -0.3 is 15.4 Å². The number of esters is 1. The Morgan fingerprint density at radius 2 is 1.87 bits per heavy atom. The second-order valence-electron chi connectivity index (χ2n) is 4.97. The zero-order valence-corrected chi connectivity index (χ0v) is 13.2. The van der Waals surface area contributed by atoms with Crippen LogP contribution in [0.2, 0.25) is 0 Å². The molecule has 0 aliphatic rings. The molecular weight excluding hydrogens is 306 g/mol. The molecule has 0 saturated carbocycles. The van der Waals surface area contributed by atoms with Crippen molar-refractivity contribution in [1.29, 1.82) is 0 Å². The summed E-state index contributed by atoms with van der Waals surface area (Å²) in [5.41, 5.74) is -0.0710. The summed E-state index contributed by atoms with van der Waals surface area (Å²) in [6.45, 7) is 2.60. The minimum Gasteiger partial charge on any atom is -0.466 e. The number of carbonyl (C=O) groups is 2. The Morgan fingerprint density at radius 1 is 1.13 bits per heavy atom. The predicted octanol–water partition coefficient (Wildman–Crippen LogP) is 3.60. The number of carbonyl (C=O) groups excluding carboxylic acids is 2. The van der Waals surface area contributed by atoms with Gasteiger partial charge in [-0.2, -0.15) is 0 Å². The summed E-state index contributed by atoms with van der Waals surface area (Å²) >= 11 is 0. The molecule has 0 saturated heterocycles. The number of urea groups is 1. The number of unbranched alkanes of at least 4 members (excludes halogenated alkanes) is 3. The minimum absolute atomic E-state index is 0.0710. The van der Waals surface area contributed by atoms with Gasteiger partial charge in [0.2, 0.25) is 0 Å². The first-order chi connectivity index (χ1) is 11.0. The van der Waals surface area contributed by atoms with Crippen molar-refractivity contribution in [1.82, 2.24) is 5.32 Å². The van der Waals surface area contributed by atoms with Crippen LogP contribution in [0.3, 0.4) is 0 Å². The Morgan fingerprint density at radius 3 is 2.57 bits per heavy atom. The lowest BCUT2D eigenvalue weighted by Gasteiger charge is -2.08. The summed E-state index contributed by atoms with van der Waals surface area (Å²) in [6, 6.07) is 2.41. The smallest absolute Gasteiger partial charge is 0.319 e. The highest BCUT2D eigenvalue weighted by Crippen LogP contribution is 2.14. The Hall–Kier alpha value is -2.18. The lowest BCUT2D eigenvalue weighted by Crippen LogP contribution is -2.29. The normalized spacial score (nSPS) is 10.2. The first-order valence-corrected chi connectivity index (χ1v) is 7.68. The van der Waals surface area contributed by atoms with Gasteiger partial charge in [0.25, 0.3) is 0 Å². The van der Waals surface area contributed by atoms with E-state index in [2.05, 4.69) is 10.6 Å². The third kappa shape index (κ3) is 8.13. The van der Waals surface area contributed by atoms with Crippen LogP contribution >= 0.6 is 0 Å². The first-order valence-electron chi connectivity index (χ1n) is 7.68. The molecule has 1 aromatic rings. The zero-order chi connectivity index (χ0) is 17.1. The molecule has 0 aromatic heterocycles. The monoisotopic (exact) mass is 328 g/mol. The lowest BCUT2D eigenvalue weighted by molar-refractivity contribution is -0.143. The highest BCUT2D eigenvalue weighted by molar-refractivity contribution is 5.89. The fraction of sp³-hybridized carbons (Fsp3) is 0.500. The van der Waals surface area contributed by atoms with Gasteiger partial charge in [-0.25, -0.2) is 13.6 Å². The number of rotatable bonds is 9. The third-order valence-corrected chi connectivity index (χ3v) is 3.08. The Labute approximate surface area is 134 Å². The number of benzene rings is 1. The maximum absolute atomic E-state index is 13.3. The van der Waals surface area contributed by atoms with E-state index in [9.17, 15) is 18.4 Å². The van der Waals surface area contributed by atoms with E-state index in [1.165, 1.54) is 6.07 Å². The second-order valence-corrected chi connectivity index (χ2v) is 4.97. The molecule has 0 aliphatic heterocycles. The highest BCUT2D eigenvalue weighted by Gasteiger charge is 2.07. The fourth-order valence-electron chi connectivity index (χ4n) is 1.94. The number of ether oxygens (including phenoxy) is 1. The molecule has 0 fully saturated rings. The fourth-order valence-corrected chi connectivity index (χ4v) is 1.94. The Kier molecular flexibility index (Phi) is 8.64. The third-order valence-electron chi connectivity index (χ3n) is 3.08. The van der Waals surface area contributed by atoms with Crippen LogP contribution in [0.4, 0.5) is 19.3 Å². The van der Waals surface area contributed by atoms with Gasteiger partial charge in [-0.15, -0.1) is 0 Å². The van der Waals surface area contributed by atoms with Crippen molar-refractivity contribution >= 4 is 17.7 Å². The van der Waals surface area contributed by atoms with Crippen LogP contribution in [-0.2, 0) is 9.53 Å². The summed E-state index contributed by atoms with van der Waals surface area (Å²) in [7, 11) is 0. The molecule has 2 amide bonds. The number of nitrogens with one attached hydrogen (secondary N) is 2. The summed E-state index contributed by atoms with van der Waals surface area (Å²) in [4.78, 5) is 22.7. The summed E-state index contributed by atoms with van der Waals surface area (Å²) < 4.78 is 30.9. The lowest BCUT2D eigenvalue weighted by atomic mass is 10.1. The van der Waals surface area contributed by atoms with Gasteiger partial charge in [-0.05, 0) is 31.9 Å². The van der Waals surface area contributed by atoms with E-state index in [-0.39, 0.29) is 11.7 Å². The molecule has 0 radical (unpaired) electrons. The number of halogens is 2. The standard InChI is InChI=1S/C16H22F2N2O3/c1-2-23-15(21)7-5-3-4-6-10-19-16(22)20-14-9-8-12(17)11-13(14)18/h8-9,11H,2-7,10H2,1H3,(H2,19,20,22). The topological polar surface area (TPSA) is 67.4 Å². The van der Waals surface area contributed by atoms with Crippen molar-refractivity contribution in [2.45, 2.75) is 39.0 Å². The van der Waals surface area contributed by atoms with E-state index in [1.54, 1.807) is 6.92 Å². The molecule has 128 valence electrons. The van der Waals surface area contributed by atoms with Gasteiger partial charge in [0.15, 0.2) is 0 Å². The van der Waals surface area contributed by atoms with E-state index in [1.807, 2.05) is 0 Å². The molecule has 0 unspecified atom stereocenters. The van der Waals surface area contributed by atoms with Crippen molar-refractivity contribution in [2.24, 2.45) is 0 Å². The molecule has 0 heterocycles. The van der Waals surface area contributed by atoms with Gasteiger partial charge >= 0.3 is 12.0 Å². The molecular formula is C16H22F2N2O3. The molecule has 23 heavy (non-hydrogen) atoms. The molecule has 1 aromatic carbocycles. The van der Waals surface area contributed by atoms with E-state index in [0.29, 0.717) is 25.6 Å². The number of hydrogen-bond donors (Lipinski definition) is 2. The number of hydrogen-bond acceptors (Lipinski definition) is 3. The maximum Gasteiger partial charge on any atom is 0.319 e. The average molecular weight is 328 g/mol. The second kappa shape index (κ2) is 10.5. The van der Waals surface area contributed by atoms with Crippen LogP contribution in [-0.4, -0.2) is 25.2 Å². The summed E-state index contributed by atoms with van der Waals surface area (Å²) in [5.74, 6) is -1.71. The molecule has 5 nitrogen and oxygen atoms in total. The van der Waals surface area contributed by atoms with Crippen LogP contribution in [0.1, 0.15) is 39.0 Å². The van der Waals surface area contributed by atoms with Gasteiger partial charge in [-0.3, -0.25) is 4.79 Å². The summed E-state index contributed by atoms with van der Waals surface area (Å²) in [5, 5.41) is 4.91. The first kappa shape index (κ1) is 18.9. The van der Waals surface area contributed by atoms with E-state index in [4.69, 9.17) is 4.74 Å². The molecule has 0 bridgehead atoms. The molecule has 0 spiro atoms. The quantitative estimate of drug-likeness (QED) is 0.537. The van der Waals surface area contributed by atoms with Crippen molar-refractivity contribution < 1.29 is 23.1 Å². The van der Waals surface area contributed by atoms with Crippen LogP contribution in [0.25, 0.3) is 0 Å². The van der Waals surface area contributed by atoms with Crippen molar-refractivity contribution in [3.05, 3.63) is 29.8 Å². The van der Waals surface area contributed by atoms with Crippen molar-refractivity contribution in [3.8, 4) is 0 Å². The van der Waals surface area contributed by atoms with Crippen molar-refractivity contribution in [3.63, 3.8) is 0 Å². The highest BCUT2D eigenvalue weighted by atomic mass is 19.1. The van der Waals surface area contributed by atoms with Crippen molar-refractivity contribution in [2.75, 3.05) is 18.5 Å².